The molecule has 2 rings (SSSR count). The maximum Gasteiger partial charge on any atom is 0.0641 e. The van der Waals surface area contributed by atoms with Gasteiger partial charge in [0.15, 0.2) is 0 Å². The van der Waals surface area contributed by atoms with E-state index in [2.05, 4.69) is 4.98 Å². The fourth-order valence-corrected chi connectivity index (χ4v) is 2.29. The fraction of sp³-hybridized carbons (Fsp3) is 0.545. The van der Waals surface area contributed by atoms with Crippen LogP contribution in [0.2, 0.25) is 0 Å². The summed E-state index contributed by atoms with van der Waals surface area (Å²) in [5, 5.41) is 0. The number of nitrogen functional groups attached to an aromatic ring is 1. The monoisotopic (exact) mass is 192 g/mol. The molecule has 2 N–H and O–H groups in total. The topological polar surface area (TPSA) is 48.1 Å². The predicted octanol–water partition coefficient (Wildman–Crippen LogP) is 1.95. The fourth-order valence-electron chi connectivity index (χ4n) is 2.29. The molecular weight excluding hydrogens is 176 g/mol. The van der Waals surface area contributed by atoms with E-state index in [9.17, 15) is 0 Å². The summed E-state index contributed by atoms with van der Waals surface area (Å²) in [7, 11) is 1.77. The summed E-state index contributed by atoms with van der Waals surface area (Å²) in [4.78, 5) is 4.12. The van der Waals surface area contributed by atoms with Crippen LogP contribution in [0.4, 0.5) is 5.69 Å². The number of nitrogens with zero attached hydrogens (tertiary/aromatic N) is 1. The molecule has 0 amide bonds. The van der Waals surface area contributed by atoms with E-state index in [1.165, 1.54) is 6.42 Å². The molecule has 76 valence electrons. The smallest absolute Gasteiger partial charge is 0.0641 e. The molecule has 0 aromatic carbocycles. The Hall–Kier alpha value is -1.09. The summed E-state index contributed by atoms with van der Waals surface area (Å²) in [6.07, 6.45) is 7.44. The molecule has 1 aliphatic carbocycles. The SMILES string of the molecule is COC1CCCC1c1cnccc1N. The van der Waals surface area contributed by atoms with E-state index < -0.39 is 0 Å². The Morgan fingerprint density at radius 3 is 3.07 bits per heavy atom. The van der Waals surface area contributed by atoms with Crippen molar-refractivity contribution in [1.82, 2.24) is 4.98 Å². The Labute approximate surface area is 84.3 Å². The van der Waals surface area contributed by atoms with Gasteiger partial charge in [-0.3, -0.25) is 4.98 Å². The number of rotatable bonds is 2. The van der Waals surface area contributed by atoms with Crippen LogP contribution in [0.3, 0.4) is 0 Å². The molecule has 1 heterocycles. The first kappa shape index (κ1) is 9.46. The first-order valence-electron chi connectivity index (χ1n) is 5.05. The Balaban J connectivity index is 2.26. The Kier molecular flexibility index (Phi) is 2.68. The second-order valence-corrected chi connectivity index (χ2v) is 3.82. The molecule has 1 fully saturated rings. The molecule has 0 radical (unpaired) electrons. The largest absolute Gasteiger partial charge is 0.398 e. The molecule has 3 heteroatoms. The third-order valence-electron chi connectivity index (χ3n) is 3.04. The van der Waals surface area contributed by atoms with Gasteiger partial charge >= 0.3 is 0 Å². The van der Waals surface area contributed by atoms with Gasteiger partial charge in [-0.15, -0.1) is 0 Å². The average Bonchev–Trinajstić information content (AvgIpc) is 2.66. The maximum absolute atomic E-state index is 5.92. The molecule has 1 saturated carbocycles. The lowest BCUT2D eigenvalue weighted by Gasteiger charge is -2.19. The van der Waals surface area contributed by atoms with E-state index in [1.54, 1.807) is 13.3 Å². The van der Waals surface area contributed by atoms with Gasteiger partial charge in [0, 0.05) is 31.1 Å². The van der Waals surface area contributed by atoms with E-state index in [0.29, 0.717) is 12.0 Å². The number of hydrogen-bond acceptors (Lipinski definition) is 3. The van der Waals surface area contributed by atoms with Crippen LogP contribution in [0.15, 0.2) is 18.5 Å². The third-order valence-corrected chi connectivity index (χ3v) is 3.04. The standard InChI is InChI=1S/C11H16N2O/c1-14-11-4-2-3-8(11)9-7-13-6-5-10(9)12/h5-8,11H,2-4H2,1H3,(H2,12,13). The molecule has 1 aliphatic rings. The van der Waals surface area contributed by atoms with Gasteiger partial charge in [0.2, 0.25) is 0 Å². The molecule has 1 aromatic rings. The molecular formula is C11H16N2O. The number of aromatic nitrogens is 1. The first-order chi connectivity index (χ1) is 6.83. The zero-order valence-electron chi connectivity index (χ0n) is 8.44. The van der Waals surface area contributed by atoms with Crippen LogP contribution < -0.4 is 5.73 Å². The van der Waals surface area contributed by atoms with Gasteiger partial charge in [0.25, 0.3) is 0 Å². The number of ether oxygens (including phenoxy) is 1. The normalized spacial score (nSPS) is 26.6. The van der Waals surface area contributed by atoms with Crippen molar-refractivity contribution in [2.75, 3.05) is 12.8 Å². The van der Waals surface area contributed by atoms with Gasteiger partial charge < -0.3 is 10.5 Å². The van der Waals surface area contributed by atoms with E-state index in [1.807, 2.05) is 12.3 Å². The van der Waals surface area contributed by atoms with Gasteiger partial charge in [0.1, 0.15) is 0 Å². The molecule has 1 aromatic heterocycles. The quantitative estimate of drug-likeness (QED) is 0.779. The Bertz CT molecular complexity index is 314. The van der Waals surface area contributed by atoms with Crippen molar-refractivity contribution in [2.45, 2.75) is 31.3 Å². The van der Waals surface area contributed by atoms with Gasteiger partial charge in [0.05, 0.1) is 6.10 Å². The van der Waals surface area contributed by atoms with Gasteiger partial charge in [-0.25, -0.2) is 0 Å². The summed E-state index contributed by atoms with van der Waals surface area (Å²) in [5.74, 6) is 0.439. The Morgan fingerprint density at radius 2 is 2.36 bits per heavy atom. The molecule has 14 heavy (non-hydrogen) atoms. The summed E-state index contributed by atoms with van der Waals surface area (Å²) in [6, 6.07) is 1.86. The molecule has 0 bridgehead atoms. The van der Waals surface area contributed by atoms with Crippen molar-refractivity contribution >= 4 is 5.69 Å². The maximum atomic E-state index is 5.92. The molecule has 0 aliphatic heterocycles. The van der Waals surface area contributed by atoms with Crippen molar-refractivity contribution in [3.63, 3.8) is 0 Å². The molecule has 3 nitrogen and oxygen atoms in total. The summed E-state index contributed by atoms with van der Waals surface area (Å²) in [6.45, 7) is 0. The predicted molar refractivity (Wildman–Crippen MR) is 56.0 cm³/mol. The number of anilines is 1. The second-order valence-electron chi connectivity index (χ2n) is 3.82. The van der Waals surface area contributed by atoms with Crippen molar-refractivity contribution in [1.29, 1.82) is 0 Å². The van der Waals surface area contributed by atoms with E-state index in [4.69, 9.17) is 10.5 Å². The van der Waals surface area contributed by atoms with Gasteiger partial charge in [-0.1, -0.05) is 6.42 Å². The summed E-state index contributed by atoms with van der Waals surface area (Å²) >= 11 is 0. The highest BCUT2D eigenvalue weighted by atomic mass is 16.5. The molecule has 2 atom stereocenters. The average molecular weight is 192 g/mol. The zero-order chi connectivity index (χ0) is 9.97. The van der Waals surface area contributed by atoms with Crippen molar-refractivity contribution in [3.8, 4) is 0 Å². The zero-order valence-corrected chi connectivity index (χ0v) is 8.44. The van der Waals surface area contributed by atoms with E-state index in [0.717, 1.165) is 24.1 Å². The number of hydrogen-bond donors (Lipinski definition) is 1. The van der Waals surface area contributed by atoms with Gasteiger partial charge in [-0.05, 0) is 24.5 Å². The van der Waals surface area contributed by atoms with E-state index in [-0.39, 0.29) is 0 Å². The second kappa shape index (κ2) is 3.96. The Morgan fingerprint density at radius 1 is 1.50 bits per heavy atom. The highest BCUT2D eigenvalue weighted by Crippen LogP contribution is 2.38. The summed E-state index contributed by atoms with van der Waals surface area (Å²) < 4.78 is 5.45. The van der Waals surface area contributed by atoms with Crippen LogP contribution in [-0.2, 0) is 4.74 Å². The van der Waals surface area contributed by atoms with Gasteiger partial charge in [-0.2, -0.15) is 0 Å². The lowest BCUT2D eigenvalue weighted by atomic mass is 9.96. The lowest BCUT2D eigenvalue weighted by molar-refractivity contribution is 0.0946. The number of methoxy groups -OCH3 is 1. The van der Waals surface area contributed by atoms with Crippen molar-refractivity contribution in [2.24, 2.45) is 0 Å². The number of pyridine rings is 1. The van der Waals surface area contributed by atoms with Crippen LogP contribution in [0.25, 0.3) is 0 Å². The number of nitrogens with two attached hydrogens (primary N) is 1. The highest BCUT2D eigenvalue weighted by molar-refractivity contribution is 5.47. The van der Waals surface area contributed by atoms with Crippen LogP contribution in [0.5, 0.6) is 0 Å². The van der Waals surface area contributed by atoms with Crippen LogP contribution in [0.1, 0.15) is 30.7 Å². The third kappa shape index (κ3) is 1.60. The van der Waals surface area contributed by atoms with E-state index >= 15 is 0 Å². The minimum absolute atomic E-state index is 0.321. The minimum Gasteiger partial charge on any atom is -0.398 e. The summed E-state index contributed by atoms with van der Waals surface area (Å²) in [5.41, 5.74) is 7.91. The molecule has 2 unspecified atom stereocenters. The lowest BCUT2D eigenvalue weighted by Crippen LogP contribution is -2.15. The van der Waals surface area contributed by atoms with Crippen molar-refractivity contribution in [3.05, 3.63) is 24.0 Å². The molecule has 0 saturated heterocycles. The first-order valence-corrected chi connectivity index (χ1v) is 5.05. The van der Waals surface area contributed by atoms with Crippen LogP contribution in [-0.4, -0.2) is 18.2 Å². The molecule has 0 spiro atoms. The highest BCUT2D eigenvalue weighted by Gasteiger charge is 2.29. The van der Waals surface area contributed by atoms with Crippen LogP contribution >= 0.6 is 0 Å². The van der Waals surface area contributed by atoms with Crippen molar-refractivity contribution < 1.29 is 4.74 Å². The van der Waals surface area contributed by atoms with Crippen LogP contribution in [0, 0.1) is 0 Å². The minimum atomic E-state index is 0.321.